The summed E-state index contributed by atoms with van der Waals surface area (Å²) in [7, 11) is 0. The molecule has 2 N–H and O–H groups in total. The minimum absolute atomic E-state index is 0.0146. The van der Waals surface area contributed by atoms with Crippen LogP contribution in [0.1, 0.15) is 20.8 Å². The molecule has 7 nitrogen and oxygen atoms in total. The number of nitrogens with zero attached hydrogens (tertiary/aromatic N) is 3. The van der Waals surface area contributed by atoms with Crippen molar-refractivity contribution in [3.63, 3.8) is 0 Å². The first-order valence-electron chi connectivity index (χ1n) is 5.47. The van der Waals surface area contributed by atoms with Crippen molar-refractivity contribution in [2.45, 2.75) is 0 Å². The van der Waals surface area contributed by atoms with Crippen LogP contribution < -0.4 is 0 Å². The second-order valence-corrected chi connectivity index (χ2v) is 4.86. The van der Waals surface area contributed by atoms with E-state index in [4.69, 9.17) is 5.11 Å². The SMILES string of the molecule is O=C(O)c1cnn2c(C(=O)O)cc(-c3cccs3)nc12. The quantitative estimate of drug-likeness (QED) is 0.762. The molecule has 0 saturated carbocycles. The highest BCUT2D eigenvalue weighted by Gasteiger charge is 2.19. The van der Waals surface area contributed by atoms with Crippen LogP contribution in [-0.2, 0) is 0 Å². The topological polar surface area (TPSA) is 105 Å². The summed E-state index contributed by atoms with van der Waals surface area (Å²) in [4.78, 5) is 27.4. The lowest BCUT2D eigenvalue weighted by Crippen LogP contribution is -2.09. The third-order valence-electron chi connectivity index (χ3n) is 2.69. The van der Waals surface area contributed by atoms with Crippen LogP contribution in [0.25, 0.3) is 16.2 Å². The van der Waals surface area contributed by atoms with E-state index in [1.807, 2.05) is 5.38 Å². The largest absolute Gasteiger partial charge is 0.477 e. The van der Waals surface area contributed by atoms with Crippen molar-refractivity contribution in [3.8, 4) is 10.6 Å². The number of hydrogen-bond acceptors (Lipinski definition) is 5. The highest BCUT2D eigenvalue weighted by molar-refractivity contribution is 7.13. The molecule has 100 valence electrons. The van der Waals surface area contributed by atoms with Crippen LogP contribution in [0.2, 0.25) is 0 Å². The summed E-state index contributed by atoms with van der Waals surface area (Å²) in [5.41, 5.74) is 0.158. The monoisotopic (exact) mass is 289 g/mol. The zero-order valence-electron chi connectivity index (χ0n) is 9.85. The van der Waals surface area contributed by atoms with Crippen LogP contribution in [0.4, 0.5) is 0 Å². The summed E-state index contributed by atoms with van der Waals surface area (Å²) in [5, 5.41) is 23.9. The van der Waals surface area contributed by atoms with E-state index in [-0.39, 0.29) is 16.9 Å². The Labute approximate surface area is 115 Å². The number of fused-ring (bicyclic) bond motifs is 1. The van der Waals surface area contributed by atoms with E-state index in [0.717, 1.165) is 15.6 Å². The molecule has 0 aromatic carbocycles. The average molecular weight is 289 g/mol. The lowest BCUT2D eigenvalue weighted by atomic mass is 10.2. The van der Waals surface area contributed by atoms with Gasteiger partial charge in [0.15, 0.2) is 11.3 Å². The molecule has 3 aromatic heterocycles. The summed E-state index contributed by atoms with van der Waals surface area (Å²) in [5.74, 6) is -2.40. The fourth-order valence-electron chi connectivity index (χ4n) is 1.82. The second kappa shape index (κ2) is 4.42. The van der Waals surface area contributed by atoms with Gasteiger partial charge in [0, 0.05) is 0 Å². The van der Waals surface area contributed by atoms with Gasteiger partial charge in [-0.15, -0.1) is 11.3 Å². The van der Waals surface area contributed by atoms with Crippen molar-refractivity contribution >= 4 is 28.9 Å². The Hall–Kier alpha value is -2.74. The Morgan fingerprint density at radius 2 is 2.05 bits per heavy atom. The molecule has 0 spiro atoms. The number of hydrogen-bond donors (Lipinski definition) is 2. The molecule has 0 unspecified atom stereocenters. The molecule has 0 fully saturated rings. The third-order valence-corrected chi connectivity index (χ3v) is 3.59. The maximum absolute atomic E-state index is 11.3. The number of rotatable bonds is 3. The first-order chi connectivity index (χ1) is 9.58. The molecular formula is C12H7N3O4S. The van der Waals surface area contributed by atoms with Gasteiger partial charge in [0.2, 0.25) is 0 Å². The maximum atomic E-state index is 11.3. The highest BCUT2D eigenvalue weighted by atomic mass is 32.1. The highest BCUT2D eigenvalue weighted by Crippen LogP contribution is 2.25. The number of carbonyl (C=O) groups is 2. The van der Waals surface area contributed by atoms with Gasteiger partial charge in [-0.3, -0.25) is 0 Å². The van der Waals surface area contributed by atoms with Gasteiger partial charge in [-0.2, -0.15) is 5.10 Å². The van der Waals surface area contributed by atoms with E-state index in [2.05, 4.69) is 10.1 Å². The van der Waals surface area contributed by atoms with Crippen LogP contribution in [0.5, 0.6) is 0 Å². The van der Waals surface area contributed by atoms with Crippen LogP contribution in [0.15, 0.2) is 29.8 Å². The first kappa shape index (κ1) is 12.3. The number of carboxylic acid groups (broad SMARTS) is 2. The molecule has 0 aliphatic rings. The Balaban J connectivity index is 2.36. The van der Waals surface area contributed by atoms with Gasteiger partial charge >= 0.3 is 11.9 Å². The molecule has 20 heavy (non-hydrogen) atoms. The maximum Gasteiger partial charge on any atom is 0.354 e. The van der Waals surface area contributed by atoms with E-state index >= 15 is 0 Å². The molecule has 3 rings (SSSR count). The molecule has 0 aliphatic carbocycles. The summed E-state index contributed by atoms with van der Waals surface area (Å²) in [6.45, 7) is 0. The predicted octanol–water partition coefficient (Wildman–Crippen LogP) is 1.85. The lowest BCUT2D eigenvalue weighted by molar-refractivity contribution is 0.0678. The predicted molar refractivity (Wildman–Crippen MR) is 70.2 cm³/mol. The van der Waals surface area contributed by atoms with Crippen molar-refractivity contribution in [3.05, 3.63) is 41.0 Å². The zero-order valence-corrected chi connectivity index (χ0v) is 10.7. The zero-order chi connectivity index (χ0) is 14.3. The van der Waals surface area contributed by atoms with E-state index in [1.165, 1.54) is 17.4 Å². The van der Waals surface area contributed by atoms with E-state index < -0.39 is 11.9 Å². The van der Waals surface area contributed by atoms with Crippen LogP contribution in [0.3, 0.4) is 0 Å². The number of thiophene rings is 1. The van der Waals surface area contributed by atoms with Gasteiger partial charge in [-0.05, 0) is 17.5 Å². The second-order valence-electron chi connectivity index (χ2n) is 3.91. The summed E-state index contributed by atoms with van der Waals surface area (Å²) in [6, 6.07) is 4.96. The molecule has 8 heteroatoms. The van der Waals surface area contributed by atoms with Crippen molar-refractivity contribution in [1.82, 2.24) is 14.6 Å². The van der Waals surface area contributed by atoms with Gasteiger partial charge in [0.05, 0.1) is 16.8 Å². The van der Waals surface area contributed by atoms with Crippen molar-refractivity contribution in [1.29, 1.82) is 0 Å². The number of aromatic carboxylic acids is 2. The van der Waals surface area contributed by atoms with E-state index in [0.29, 0.717) is 5.69 Å². The average Bonchev–Trinajstić information content (AvgIpc) is 3.06. The Bertz CT molecular complexity index is 823. The molecule has 3 aromatic rings. The number of aromatic nitrogens is 3. The van der Waals surface area contributed by atoms with Crippen molar-refractivity contribution in [2.75, 3.05) is 0 Å². The van der Waals surface area contributed by atoms with E-state index in [9.17, 15) is 14.7 Å². The smallest absolute Gasteiger partial charge is 0.354 e. The molecule has 0 atom stereocenters. The fourth-order valence-corrected chi connectivity index (χ4v) is 2.50. The van der Waals surface area contributed by atoms with Gasteiger partial charge in [0.25, 0.3) is 0 Å². The Morgan fingerprint density at radius 3 is 2.65 bits per heavy atom. The van der Waals surface area contributed by atoms with Gasteiger partial charge in [-0.25, -0.2) is 19.1 Å². The van der Waals surface area contributed by atoms with Crippen LogP contribution in [0, 0.1) is 0 Å². The summed E-state index contributed by atoms with van der Waals surface area (Å²) in [6.07, 6.45) is 1.09. The van der Waals surface area contributed by atoms with Crippen molar-refractivity contribution in [2.24, 2.45) is 0 Å². The molecule has 3 heterocycles. The number of carboxylic acids is 2. The molecule has 0 amide bonds. The van der Waals surface area contributed by atoms with Crippen LogP contribution in [-0.4, -0.2) is 36.7 Å². The summed E-state index contributed by atoms with van der Waals surface area (Å²) < 4.78 is 1.02. The lowest BCUT2D eigenvalue weighted by Gasteiger charge is -2.03. The fraction of sp³-hybridized carbons (Fsp3) is 0. The molecule has 0 aliphatic heterocycles. The minimum atomic E-state index is -1.20. The normalized spacial score (nSPS) is 10.8. The van der Waals surface area contributed by atoms with Crippen molar-refractivity contribution < 1.29 is 19.8 Å². The minimum Gasteiger partial charge on any atom is -0.477 e. The van der Waals surface area contributed by atoms with Gasteiger partial charge < -0.3 is 10.2 Å². The Kier molecular flexibility index (Phi) is 2.72. The van der Waals surface area contributed by atoms with Gasteiger partial charge in [-0.1, -0.05) is 6.07 Å². The Morgan fingerprint density at radius 1 is 1.25 bits per heavy atom. The van der Waals surface area contributed by atoms with Gasteiger partial charge in [0.1, 0.15) is 5.56 Å². The van der Waals surface area contributed by atoms with Crippen LogP contribution >= 0.6 is 11.3 Å². The molecule has 0 radical (unpaired) electrons. The molecular weight excluding hydrogens is 282 g/mol. The summed E-state index contributed by atoms with van der Waals surface area (Å²) >= 11 is 1.39. The third kappa shape index (κ3) is 1.82. The standard InChI is InChI=1S/C12H7N3O4S/c16-11(17)6-5-13-15-8(12(18)19)4-7(14-10(6)15)9-2-1-3-20-9/h1-5H,(H,16,17)(H,18,19). The van der Waals surface area contributed by atoms with E-state index in [1.54, 1.807) is 12.1 Å². The molecule has 0 bridgehead atoms. The first-order valence-corrected chi connectivity index (χ1v) is 6.35. The molecule has 0 saturated heterocycles.